The zero-order chi connectivity index (χ0) is 41.5. The minimum atomic E-state index is -1.12. The largest absolute Gasteiger partial charge is 0.478 e. The van der Waals surface area contributed by atoms with Crippen molar-refractivity contribution in [3.63, 3.8) is 0 Å². The Bertz CT molecular complexity index is 2450. The van der Waals surface area contributed by atoms with Gasteiger partial charge in [0, 0.05) is 77.4 Å². The molecular formula is C40H42ClFN10O7. The zero-order valence-electron chi connectivity index (χ0n) is 32.4. The molecule has 1 unspecified atom stereocenters. The summed E-state index contributed by atoms with van der Waals surface area (Å²) in [7, 11) is 3.12. The summed E-state index contributed by atoms with van der Waals surface area (Å²) in [4.78, 5) is 92.1. The van der Waals surface area contributed by atoms with E-state index in [2.05, 4.69) is 30.7 Å². The van der Waals surface area contributed by atoms with Gasteiger partial charge < -0.3 is 29.7 Å². The number of nitrogens with one attached hydrogen (secondary N) is 3. The van der Waals surface area contributed by atoms with Crippen LogP contribution in [0.15, 0.2) is 47.4 Å². The zero-order valence-corrected chi connectivity index (χ0v) is 33.2. The van der Waals surface area contributed by atoms with Crippen molar-refractivity contribution in [2.45, 2.75) is 31.7 Å². The quantitative estimate of drug-likeness (QED) is 0.198. The summed E-state index contributed by atoms with van der Waals surface area (Å²) in [6.45, 7) is 4.47. The first kappa shape index (κ1) is 39.7. The average Bonchev–Trinajstić information content (AvgIpc) is 3.48. The highest BCUT2D eigenvalue weighted by atomic mass is 35.5. The molecule has 308 valence electrons. The van der Waals surface area contributed by atoms with Gasteiger partial charge in [0.2, 0.25) is 17.8 Å². The summed E-state index contributed by atoms with van der Waals surface area (Å²) in [6.07, 6.45) is 3.10. The van der Waals surface area contributed by atoms with Crippen molar-refractivity contribution in [3.8, 4) is 5.75 Å². The van der Waals surface area contributed by atoms with E-state index >= 15 is 4.39 Å². The van der Waals surface area contributed by atoms with Crippen molar-refractivity contribution in [1.82, 2.24) is 35.0 Å². The maximum Gasteiger partial charge on any atom is 0.293 e. The fourth-order valence-electron chi connectivity index (χ4n) is 8.24. The number of fused-ring (bicyclic) bond motifs is 2. The minimum Gasteiger partial charge on any atom is -0.478 e. The molecule has 59 heavy (non-hydrogen) atoms. The van der Waals surface area contributed by atoms with E-state index in [-0.39, 0.29) is 53.5 Å². The predicted octanol–water partition coefficient (Wildman–Crippen LogP) is 2.43. The van der Waals surface area contributed by atoms with Gasteiger partial charge in [0.15, 0.2) is 18.2 Å². The van der Waals surface area contributed by atoms with Crippen LogP contribution < -0.4 is 36.0 Å². The monoisotopic (exact) mass is 828 g/mol. The number of amides is 5. The fourth-order valence-corrected chi connectivity index (χ4v) is 8.38. The highest BCUT2D eigenvalue weighted by molar-refractivity contribution is 6.33. The van der Waals surface area contributed by atoms with Crippen LogP contribution in [0.5, 0.6) is 5.75 Å². The third-order valence-corrected chi connectivity index (χ3v) is 11.7. The highest BCUT2D eigenvalue weighted by Crippen LogP contribution is 2.38. The first-order chi connectivity index (χ1) is 28.4. The van der Waals surface area contributed by atoms with E-state index in [0.29, 0.717) is 65.5 Å². The smallest absolute Gasteiger partial charge is 0.293 e. The first-order valence-corrected chi connectivity index (χ1v) is 19.8. The highest BCUT2D eigenvalue weighted by Gasteiger charge is 2.47. The number of benzene rings is 2. The lowest BCUT2D eigenvalue weighted by molar-refractivity contribution is -0.136. The number of anilines is 4. The molecule has 2 aromatic heterocycles. The number of piperidine rings is 2. The Hall–Kier alpha value is -6.14. The predicted molar refractivity (Wildman–Crippen MR) is 216 cm³/mol. The summed E-state index contributed by atoms with van der Waals surface area (Å²) in [6, 6.07) is 8.42. The Morgan fingerprint density at radius 1 is 0.966 bits per heavy atom. The summed E-state index contributed by atoms with van der Waals surface area (Å²) < 4.78 is 22.4. The first-order valence-electron chi connectivity index (χ1n) is 19.4. The molecule has 0 radical (unpaired) electrons. The molecule has 4 aliphatic heterocycles. The van der Waals surface area contributed by atoms with E-state index < -0.39 is 35.5 Å². The SMILES string of the molecule is CNC(=O)COc1cc2cc(Nc3nc(N4CCN(CC5CCN(c6c(F)ccc7c6C(=O)N(C6CCC(=O)NC6=O)C7=O)CC5)CC4)ncc3Cl)ccc2n(C)c1=O. The number of carbonyl (C=O) groups is 5. The molecular weight excluding hydrogens is 787 g/mol. The van der Waals surface area contributed by atoms with Gasteiger partial charge in [-0.2, -0.15) is 4.98 Å². The number of pyridine rings is 1. The van der Waals surface area contributed by atoms with E-state index in [1.807, 2.05) is 17.0 Å². The van der Waals surface area contributed by atoms with Crippen LogP contribution in [-0.2, 0) is 21.4 Å². The van der Waals surface area contributed by atoms with Crippen molar-refractivity contribution in [3.05, 3.63) is 74.9 Å². The summed E-state index contributed by atoms with van der Waals surface area (Å²) in [5.41, 5.74) is 1.11. The number of hydrogen-bond acceptors (Lipinski definition) is 13. The van der Waals surface area contributed by atoms with Gasteiger partial charge in [-0.25, -0.2) is 9.37 Å². The number of piperazine rings is 1. The van der Waals surface area contributed by atoms with Gasteiger partial charge in [-0.3, -0.25) is 43.9 Å². The molecule has 6 heterocycles. The molecule has 0 saturated carbocycles. The molecule has 0 spiro atoms. The van der Waals surface area contributed by atoms with Crippen LogP contribution in [0.4, 0.5) is 27.5 Å². The molecule has 17 nitrogen and oxygen atoms in total. The molecule has 1 atom stereocenters. The van der Waals surface area contributed by atoms with E-state index in [0.717, 1.165) is 37.4 Å². The van der Waals surface area contributed by atoms with Crippen LogP contribution in [0.3, 0.4) is 0 Å². The van der Waals surface area contributed by atoms with E-state index in [9.17, 15) is 28.8 Å². The molecule has 19 heteroatoms. The number of rotatable bonds is 10. The summed E-state index contributed by atoms with van der Waals surface area (Å²) in [5, 5.41) is 8.97. The average molecular weight is 829 g/mol. The van der Waals surface area contributed by atoms with Crippen LogP contribution in [0, 0.1) is 11.7 Å². The Morgan fingerprint density at radius 2 is 1.73 bits per heavy atom. The van der Waals surface area contributed by atoms with Crippen LogP contribution >= 0.6 is 11.6 Å². The fraction of sp³-hybridized carbons (Fsp3) is 0.400. The van der Waals surface area contributed by atoms with Gasteiger partial charge in [0.1, 0.15) is 16.9 Å². The number of imide groups is 2. The van der Waals surface area contributed by atoms with Crippen LogP contribution in [0.25, 0.3) is 10.9 Å². The topological polar surface area (TPSA) is 191 Å². The summed E-state index contributed by atoms with van der Waals surface area (Å²) >= 11 is 6.54. The number of carbonyl (C=O) groups excluding carboxylic acids is 5. The molecule has 3 fully saturated rings. The lowest BCUT2D eigenvalue weighted by atomic mass is 9.94. The standard InChI is InChI=1S/C40H42ClFN10O7/c1-43-32(54)21-59-30-18-23-17-24(3-6-28(23)48(2)38(30)57)45-35-26(41)19-44-40(47-35)51-15-13-49(14-16-51)20-22-9-11-50(12-10-22)34-27(42)5-4-25-33(34)39(58)52(37(25)56)29-7-8-31(53)46-36(29)55/h3-6,17-19,22,29H,7-16,20-21H2,1-2H3,(H,43,54)(H,44,45,47)(H,46,53,55). The third-order valence-electron chi connectivity index (χ3n) is 11.5. The lowest BCUT2D eigenvalue weighted by Crippen LogP contribution is -2.54. The van der Waals surface area contributed by atoms with Crippen molar-refractivity contribution >= 4 is 75.2 Å². The second-order valence-electron chi connectivity index (χ2n) is 15.1. The number of nitrogens with zero attached hydrogens (tertiary/aromatic N) is 7. The molecule has 4 aromatic rings. The van der Waals surface area contributed by atoms with Crippen molar-refractivity contribution in [2.75, 3.05) is 74.6 Å². The molecule has 0 bridgehead atoms. The minimum absolute atomic E-state index is 0.00276. The van der Waals surface area contributed by atoms with Crippen LogP contribution in [0.2, 0.25) is 5.02 Å². The molecule has 8 rings (SSSR count). The van der Waals surface area contributed by atoms with Gasteiger partial charge in [-0.1, -0.05) is 11.6 Å². The number of hydrogen-bond donors (Lipinski definition) is 3. The van der Waals surface area contributed by atoms with Crippen molar-refractivity contribution in [1.29, 1.82) is 0 Å². The molecule has 3 N–H and O–H groups in total. The summed E-state index contributed by atoms with van der Waals surface area (Å²) in [5.74, 6) is -2.17. The van der Waals surface area contributed by atoms with E-state index in [4.69, 9.17) is 21.3 Å². The number of aryl methyl sites for hydroxylation is 1. The number of ether oxygens (including phenoxy) is 1. The van der Waals surface area contributed by atoms with Gasteiger partial charge in [0.25, 0.3) is 23.3 Å². The Labute approximate surface area is 342 Å². The second-order valence-corrected chi connectivity index (χ2v) is 15.5. The second kappa shape index (κ2) is 16.2. The molecule has 2 aromatic carbocycles. The normalized spacial score (nSPS) is 19.0. The van der Waals surface area contributed by atoms with Gasteiger partial charge in [-0.15, -0.1) is 0 Å². The third kappa shape index (κ3) is 7.76. The Balaban J connectivity index is 0.869. The molecule has 4 aliphatic rings. The molecule has 5 amide bonds. The molecule has 0 aliphatic carbocycles. The van der Waals surface area contributed by atoms with Crippen LogP contribution in [-0.4, -0.2) is 119 Å². The van der Waals surface area contributed by atoms with E-state index in [1.165, 1.54) is 23.7 Å². The Kier molecular flexibility index (Phi) is 10.9. The number of aromatic nitrogens is 3. The van der Waals surface area contributed by atoms with Crippen LogP contribution in [0.1, 0.15) is 46.4 Å². The van der Waals surface area contributed by atoms with Gasteiger partial charge in [-0.05, 0) is 61.6 Å². The van der Waals surface area contributed by atoms with Gasteiger partial charge in [0.05, 0.1) is 28.5 Å². The van der Waals surface area contributed by atoms with Crippen molar-refractivity contribution in [2.24, 2.45) is 13.0 Å². The maximum absolute atomic E-state index is 15.5. The Morgan fingerprint density at radius 3 is 2.46 bits per heavy atom. The van der Waals surface area contributed by atoms with E-state index in [1.54, 1.807) is 25.4 Å². The van der Waals surface area contributed by atoms with Crippen molar-refractivity contribution < 1.29 is 33.1 Å². The number of halogens is 2. The number of likely N-dealkylation sites (N-methyl/N-ethyl adjacent to an activating group) is 1. The maximum atomic E-state index is 15.5. The van der Waals surface area contributed by atoms with Gasteiger partial charge >= 0.3 is 0 Å². The lowest BCUT2D eigenvalue weighted by Gasteiger charge is -2.39. The molecule has 3 saturated heterocycles.